The summed E-state index contributed by atoms with van der Waals surface area (Å²) in [6.45, 7) is 2.04. The fourth-order valence-electron chi connectivity index (χ4n) is 1.98. The predicted molar refractivity (Wildman–Crippen MR) is 65.8 cm³/mol. The Morgan fingerprint density at radius 3 is 2.47 bits per heavy atom. The molecular formula is C13H20FNO2. The number of halogens is 1. The van der Waals surface area contributed by atoms with Crippen LogP contribution in [0.25, 0.3) is 0 Å². The highest BCUT2D eigenvalue weighted by Crippen LogP contribution is 2.25. The van der Waals surface area contributed by atoms with Crippen LogP contribution in [0.1, 0.15) is 24.9 Å². The van der Waals surface area contributed by atoms with Gasteiger partial charge in [0.25, 0.3) is 0 Å². The van der Waals surface area contributed by atoms with Crippen LogP contribution < -0.4 is 10.1 Å². The molecule has 0 spiro atoms. The van der Waals surface area contributed by atoms with Crippen LogP contribution in [0.5, 0.6) is 5.75 Å². The van der Waals surface area contributed by atoms with E-state index < -0.39 is 0 Å². The summed E-state index contributed by atoms with van der Waals surface area (Å²) in [5, 5.41) is 3.15. The number of nitrogens with one attached hydrogen (secondary N) is 1. The van der Waals surface area contributed by atoms with Crippen molar-refractivity contribution < 1.29 is 13.9 Å². The van der Waals surface area contributed by atoms with E-state index in [9.17, 15) is 4.39 Å². The van der Waals surface area contributed by atoms with Gasteiger partial charge in [-0.3, -0.25) is 0 Å². The SMILES string of the molecule is CCC(OC)C(NC)c1ccc(OC)c(F)c1. The molecule has 0 aliphatic carbocycles. The predicted octanol–water partition coefficient (Wildman–Crippen LogP) is 2.52. The molecule has 0 aromatic heterocycles. The normalized spacial score (nSPS) is 14.4. The smallest absolute Gasteiger partial charge is 0.165 e. The Kier molecular flexibility index (Phi) is 5.38. The van der Waals surface area contributed by atoms with E-state index in [0.717, 1.165) is 12.0 Å². The van der Waals surface area contributed by atoms with E-state index in [1.54, 1.807) is 13.2 Å². The summed E-state index contributed by atoms with van der Waals surface area (Å²) in [5.41, 5.74) is 0.861. The average molecular weight is 241 g/mol. The molecule has 1 N–H and O–H groups in total. The zero-order valence-electron chi connectivity index (χ0n) is 10.8. The molecule has 96 valence electrons. The van der Waals surface area contributed by atoms with Crippen molar-refractivity contribution in [2.24, 2.45) is 0 Å². The van der Waals surface area contributed by atoms with Crippen molar-refractivity contribution in [2.45, 2.75) is 25.5 Å². The largest absolute Gasteiger partial charge is 0.494 e. The van der Waals surface area contributed by atoms with Crippen molar-refractivity contribution in [3.8, 4) is 5.75 Å². The molecule has 0 aliphatic heterocycles. The third-order valence-corrected chi connectivity index (χ3v) is 2.92. The van der Waals surface area contributed by atoms with Crippen LogP contribution in [0.4, 0.5) is 4.39 Å². The number of methoxy groups -OCH3 is 2. The third kappa shape index (κ3) is 3.17. The van der Waals surface area contributed by atoms with Gasteiger partial charge in [0.15, 0.2) is 11.6 Å². The maximum absolute atomic E-state index is 13.6. The van der Waals surface area contributed by atoms with Gasteiger partial charge >= 0.3 is 0 Å². The Labute approximate surface area is 102 Å². The highest BCUT2D eigenvalue weighted by atomic mass is 19.1. The Balaban J connectivity index is 3.00. The number of ether oxygens (including phenoxy) is 2. The summed E-state index contributed by atoms with van der Waals surface area (Å²) in [5.74, 6) is -0.0923. The topological polar surface area (TPSA) is 30.5 Å². The first-order valence-corrected chi connectivity index (χ1v) is 5.71. The van der Waals surface area contributed by atoms with E-state index in [1.165, 1.54) is 13.2 Å². The number of rotatable bonds is 6. The second kappa shape index (κ2) is 6.57. The lowest BCUT2D eigenvalue weighted by molar-refractivity contribution is 0.0674. The minimum atomic E-state index is -0.351. The molecule has 0 fully saturated rings. The van der Waals surface area contributed by atoms with E-state index in [0.29, 0.717) is 0 Å². The zero-order chi connectivity index (χ0) is 12.8. The molecule has 0 radical (unpaired) electrons. The number of benzene rings is 1. The molecule has 3 nitrogen and oxygen atoms in total. The Hall–Kier alpha value is -1.13. The molecule has 2 atom stereocenters. The maximum Gasteiger partial charge on any atom is 0.165 e. The summed E-state index contributed by atoms with van der Waals surface area (Å²) in [6.07, 6.45) is 0.878. The molecule has 2 unspecified atom stereocenters. The van der Waals surface area contributed by atoms with Gasteiger partial charge in [-0.2, -0.15) is 0 Å². The van der Waals surface area contributed by atoms with Crippen molar-refractivity contribution in [1.29, 1.82) is 0 Å². The summed E-state index contributed by atoms with van der Waals surface area (Å²) in [6, 6.07) is 4.95. The lowest BCUT2D eigenvalue weighted by Crippen LogP contribution is -2.30. The molecule has 1 aromatic carbocycles. The Morgan fingerprint density at radius 1 is 1.35 bits per heavy atom. The Morgan fingerprint density at radius 2 is 2.06 bits per heavy atom. The quantitative estimate of drug-likeness (QED) is 0.830. The van der Waals surface area contributed by atoms with Gasteiger partial charge in [0.2, 0.25) is 0 Å². The highest BCUT2D eigenvalue weighted by Gasteiger charge is 2.20. The molecule has 0 amide bonds. The van der Waals surface area contributed by atoms with Crippen LogP contribution in [0, 0.1) is 5.82 Å². The summed E-state index contributed by atoms with van der Waals surface area (Å²) in [7, 11) is 4.96. The highest BCUT2D eigenvalue weighted by molar-refractivity contribution is 5.31. The van der Waals surface area contributed by atoms with Gasteiger partial charge in [0.1, 0.15) is 0 Å². The molecule has 17 heavy (non-hydrogen) atoms. The van der Waals surface area contributed by atoms with Crippen LogP contribution in [0.15, 0.2) is 18.2 Å². The summed E-state index contributed by atoms with van der Waals surface area (Å²) in [4.78, 5) is 0. The monoisotopic (exact) mass is 241 g/mol. The van der Waals surface area contributed by atoms with Crippen molar-refractivity contribution >= 4 is 0 Å². The van der Waals surface area contributed by atoms with Gasteiger partial charge in [-0.15, -0.1) is 0 Å². The van der Waals surface area contributed by atoms with E-state index in [2.05, 4.69) is 5.32 Å². The van der Waals surface area contributed by atoms with Crippen molar-refractivity contribution in [2.75, 3.05) is 21.3 Å². The van der Waals surface area contributed by atoms with Crippen LogP contribution in [0.2, 0.25) is 0 Å². The van der Waals surface area contributed by atoms with Gasteiger partial charge in [-0.25, -0.2) is 4.39 Å². The fraction of sp³-hybridized carbons (Fsp3) is 0.538. The molecule has 4 heteroatoms. The van der Waals surface area contributed by atoms with Gasteiger partial charge in [0.05, 0.1) is 19.3 Å². The van der Waals surface area contributed by atoms with E-state index >= 15 is 0 Å². The summed E-state index contributed by atoms with van der Waals surface area (Å²) < 4.78 is 23.9. The standard InChI is InChI=1S/C13H20FNO2/c1-5-11(16-3)13(15-2)9-6-7-12(17-4)10(14)8-9/h6-8,11,13,15H,5H2,1-4H3. The number of hydrogen-bond donors (Lipinski definition) is 1. The first kappa shape index (κ1) is 13.9. The molecule has 0 heterocycles. The molecule has 0 bridgehead atoms. The lowest BCUT2D eigenvalue weighted by atomic mass is 9.99. The number of hydrogen-bond acceptors (Lipinski definition) is 3. The van der Waals surface area contributed by atoms with Crippen LogP contribution in [0.3, 0.4) is 0 Å². The van der Waals surface area contributed by atoms with Gasteiger partial charge in [0, 0.05) is 7.11 Å². The molecule has 1 aromatic rings. The third-order valence-electron chi connectivity index (χ3n) is 2.92. The fourth-order valence-corrected chi connectivity index (χ4v) is 1.98. The first-order chi connectivity index (χ1) is 8.17. The molecule has 0 saturated heterocycles. The lowest BCUT2D eigenvalue weighted by Gasteiger charge is -2.25. The van der Waals surface area contributed by atoms with E-state index in [4.69, 9.17) is 9.47 Å². The maximum atomic E-state index is 13.6. The van der Waals surface area contributed by atoms with Crippen molar-refractivity contribution in [3.05, 3.63) is 29.6 Å². The second-order valence-electron chi connectivity index (χ2n) is 3.84. The molecule has 1 rings (SSSR count). The Bertz CT molecular complexity index is 353. The number of likely N-dealkylation sites (N-methyl/N-ethyl adjacent to an activating group) is 1. The molecule has 0 saturated carbocycles. The van der Waals surface area contributed by atoms with E-state index in [1.807, 2.05) is 20.0 Å². The minimum absolute atomic E-state index is 0.0211. The average Bonchev–Trinajstić information content (AvgIpc) is 2.35. The first-order valence-electron chi connectivity index (χ1n) is 5.71. The van der Waals surface area contributed by atoms with Crippen LogP contribution in [-0.2, 0) is 4.74 Å². The van der Waals surface area contributed by atoms with Gasteiger partial charge in [-0.1, -0.05) is 13.0 Å². The van der Waals surface area contributed by atoms with Gasteiger partial charge in [-0.05, 0) is 31.2 Å². The van der Waals surface area contributed by atoms with Crippen LogP contribution in [-0.4, -0.2) is 27.4 Å². The van der Waals surface area contributed by atoms with Gasteiger partial charge < -0.3 is 14.8 Å². The van der Waals surface area contributed by atoms with Crippen molar-refractivity contribution in [1.82, 2.24) is 5.32 Å². The van der Waals surface area contributed by atoms with Crippen LogP contribution >= 0.6 is 0 Å². The second-order valence-corrected chi connectivity index (χ2v) is 3.84. The molecular weight excluding hydrogens is 221 g/mol. The zero-order valence-corrected chi connectivity index (χ0v) is 10.8. The molecule has 0 aliphatic rings. The minimum Gasteiger partial charge on any atom is -0.494 e. The van der Waals surface area contributed by atoms with Crippen molar-refractivity contribution in [3.63, 3.8) is 0 Å². The summed E-state index contributed by atoms with van der Waals surface area (Å²) >= 11 is 0. The van der Waals surface area contributed by atoms with E-state index in [-0.39, 0.29) is 23.7 Å².